The first kappa shape index (κ1) is 16.7. The minimum Gasteiger partial charge on any atom is -0.322 e. The van der Waals surface area contributed by atoms with E-state index in [0.29, 0.717) is 17.0 Å². The summed E-state index contributed by atoms with van der Waals surface area (Å²) in [5.74, 6) is -5.33. The molecule has 0 bridgehead atoms. The van der Waals surface area contributed by atoms with Crippen molar-refractivity contribution in [2.24, 2.45) is 0 Å². The molecule has 0 aliphatic carbocycles. The van der Waals surface area contributed by atoms with Crippen LogP contribution in [0.3, 0.4) is 0 Å². The molecule has 8 heteroatoms. The number of nitrogens with zero attached hydrogens (tertiary/aromatic N) is 2. The predicted octanol–water partition coefficient (Wildman–Crippen LogP) is 2.76. The Balaban J connectivity index is 1.87. The number of rotatable bonds is 3. The van der Waals surface area contributed by atoms with Crippen LogP contribution in [0.2, 0.25) is 0 Å². The molecule has 3 aromatic rings. The van der Waals surface area contributed by atoms with Gasteiger partial charge in [-0.25, -0.2) is 18.2 Å². The van der Waals surface area contributed by atoms with Crippen LogP contribution >= 0.6 is 0 Å². The van der Waals surface area contributed by atoms with Gasteiger partial charge in [0, 0.05) is 0 Å². The summed E-state index contributed by atoms with van der Waals surface area (Å²) in [7, 11) is 0. The maximum atomic E-state index is 13.6. The van der Waals surface area contributed by atoms with Crippen LogP contribution in [-0.4, -0.2) is 15.5 Å². The number of para-hydroxylation sites is 1. The second-order valence-corrected chi connectivity index (χ2v) is 5.42. The first-order valence-electron chi connectivity index (χ1n) is 7.26. The number of nitrogens with one attached hydrogen (secondary N) is 1. The molecule has 0 saturated carbocycles. The SMILES string of the molecule is Cc1cccc2c(=O)n(CC(=O)Nc3ccc(F)c(F)c3F)cnc12. The quantitative estimate of drug-likeness (QED) is 0.741. The third-order valence-corrected chi connectivity index (χ3v) is 3.68. The van der Waals surface area contributed by atoms with E-state index in [1.807, 2.05) is 0 Å². The van der Waals surface area contributed by atoms with Gasteiger partial charge in [-0.3, -0.25) is 14.2 Å². The van der Waals surface area contributed by atoms with E-state index in [1.54, 1.807) is 25.1 Å². The van der Waals surface area contributed by atoms with E-state index in [0.717, 1.165) is 16.2 Å². The molecule has 3 rings (SSSR count). The molecule has 0 aliphatic rings. The van der Waals surface area contributed by atoms with Crippen molar-refractivity contribution in [1.29, 1.82) is 0 Å². The average molecular weight is 347 g/mol. The first-order chi connectivity index (χ1) is 11.9. The molecule has 0 radical (unpaired) electrons. The van der Waals surface area contributed by atoms with Gasteiger partial charge in [-0.1, -0.05) is 12.1 Å². The highest BCUT2D eigenvalue weighted by Gasteiger charge is 2.16. The lowest BCUT2D eigenvalue weighted by Gasteiger charge is -2.09. The Bertz CT molecular complexity index is 1050. The zero-order valence-electron chi connectivity index (χ0n) is 13.0. The van der Waals surface area contributed by atoms with Crippen LogP contribution in [-0.2, 0) is 11.3 Å². The Morgan fingerprint density at radius 2 is 1.92 bits per heavy atom. The van der Waals surface area contributed by atoms with Crippen molar-refractivity contribution >= 4 is 22.5 Å². The fourth-order valence-electron chi connectivity index (χ4n) is 2.42. The fraction of sp³-hybridized carbons (Fsp3) is 0.118. The van der Waals surface area contributed by atoms with Gasteiger partial charge in [0.05, 0.1) is 22.9 Å². The first-order valence-corrected chi connectivity index (χ1v) is 7.26. The average Bonchev–Trinajstić information content (AvgIpc) is 2.58. The molecule has 0 aliphatic heterocycles. The van der Waals surface area contributed by atoms with Crippen LogP contribution in [0.1, 0.15) is 5.56 Å². The summed E-state index contributed by atoms with van der Waals surface area (Å²) in [4.78, 5) is 28.5. The lowest BCUT2D eigenvalue weighted by Crippen LogP contribution is -2.28. The van der Waals surface area contributed by atoms with Crippen molar-refractivity contribution in [2.45, 2.75) is 13.5 Å². The second-order valence-electron chi connectivity index (χ2n) is 5.42. The largest absolute Gasteiger partial charge is 0.322 e. The fourth-order valence-corrected chi connectivity index (χ4v) is 2.42. The van der Waals surface area contributed by atoms with Gasteiger partial charge in [0.25, 0.3) is 5.56 Å². The topological polar surface area (TPSA) is 64.0 Å². The number of fused-ring (bicyclic) bond motifs is 1. The Labute approximate surface area is 139 Å². The van der Waals surface area contributed by atoms with Crippen molar-refractivity contribution in [3.8, 4) is 0 Å². The molecule has 0 atom stereocenters. The summed E-state index contributed by atoms with van der Waals surface area (Å²) in [5.41, 5.74) is 0.391. The smallest absolute Gasteiger partial charge is 0.261 e. The molecule has 0 fully saturated rings. The van der Waals surface area contributed by atoms with Crippen molar-refractivity contribution in [1.82, 2.24) is 9.55 Å². The molecule has 0 saturated heterocycles. The molecule has 0 unspecified atom stereocenters. The molecule has 1 aromatic heterocycles. The lowest BCUT2D eigenvalue weighted by molar-refractivity contribution is -0.116. The van der Waals surface area contributed by atoms with E-state index in [2.05, 4.69) is 10.3 Å². The summed E-state index contributed by atoms with van der Waals surface area (Å²) < 4.78 is 40.7. The van der Waals surface area contributed by atoms with Crippen LogP contribution in [0.25, 0.3) is 10.9 Å². The summed E-state index contributed by atoms with van der Waals surface area (Å²) in [5, 5.41) is 2.45. The molecule has 5 nitrogen and oxygen atoms in total. The minimum atomic E-state index is -1.68. The molecule has 25 heavy (non-hydrogen) atoms. The third kappa shape index (κ3) is 3.10. The summed E-state index contributed by atoms with van der Waals surface area (Å²) in [6.45, 7) is 1.35. The number of aromatic nitrogens is 2. The van der Waals surface area contributed by atoms with Crippen molar-refractivity contribution in [3.63, 3.8) is 0 Å². The second kappa shape index (κ2) is 6.39. The molecule has 1 heterocycles. The van der Waals surface area contributed by atoms with Crippen molar-refractivity contribution in [3.05, 3.63) is 70.0 Å². The maximum Gasteiger partial charge on any atom is 0.261 e. The van der Waals surface area contributed by atoms with Crippen LogP contribution < -0.4 is 10.9 Å². The van der Waals surface area contributed by atoms with Gasteiger partial charge in [-0.05, 0) is 30.7 Å². The molecule has 1 N–H and O–H groups in total. The van der Waals surface area contributed by atoms with E-state index in [-0.39, 0.29) is 0 Å². The number of aryl methyl sites for hydroxylation is 1. The molecular formula is C17H12F3N3O2. The molecule has 1 amide bonds. The van der Waals surface area contributed by atoms with Gasteiger partial charge < -0.3 is 5.32 Å². The number of carbonyl (C=O) groups excluding carboxylic acids is 1. The van der Waals surface area contributed by atoms with Gasteiger partial charge in [0.15, 0.2) is 17.5 Å². The number of benzene rings is 2. The van der Waals surface area contributed by atoms with Gasteiger partial charge in [-0.2, -0.15) is 0 Å². The van der Waals surface area contributed by atoms with E-state index < -0.39 is 41.2 Å². The number of hydrogen-bond donors (Lipinski definition) is 1. The molecular weight excluding hydrogens is 335 g/mol. The van der Waals surface area contributed by atoms with Gasteiger partial charge in [-0.15, -0.1) is 0 Å². The van der Waals surface area contributed by atoms with E-state index in [1.165, 1.54) is 6.33 Å². The van der Waals surface area contributed by atoms with E-state index in [4.69, 9.17) is 0 Å². The Hall–Kier alpha value is -3.16. The van der Waals surface area contributed by atoms with Gasteiger partial charge in [0.2, 0.25) is 5.91 Å². The van der Waals surface area contributed by atoms with Crippen LogP contribution in [0.4, 0.5) is 18.9 Å². The number of halogens is 3. The van der Waals surface area contributed by atoms with Crippen LogP contribution in [0, 0.1) is 24.4 Å². The number of amides is 1. The van der Waals surface area contributed by atoms with E-state index in [9.17, 15) is 22.8 Å². The number of carbonyl (C=O) groups is 1. The molecule has 2 aromatic carbocycles. The van der Waals surface area contributed by atoms with Crippen LogP contribution in [0.5, 0.6) is 0 Å². The Morgan fingerprint density at radius 1 is 1.16 bits per heavy atom. The summed E-state index contributed by atoms with van der Waals surface area (Å²) in [6, 6.07) is 6.68. The zero-order chi connectivity index (χ0) is 18.1. The number of anilines is 1. The standard InChI is InChI=1S/C17H12F3N3O2/c1-9-3-2-4-10-16(9)21-8-23(17(10)25)7-13(24)22-12-6-5-11(18)14(19)15(12)20/h2-6,8H,7H2,1H3,(H,22,24). The maximum absolute atomic E-state index is 13.6. The highest BCUT2D eigenvalue weighted by molar-refractivity contribution is 5.91. The van der Waals surface area contributed by atoms with E-state index >= 15 is 0 Å². The van der Waals surface area contributed by atoms with Gasteiger partial charge in [0.1, 0.15) is 6.54 Å². The summed E-state index contributed by atoms with van der Waals surface area (Å²) >= 11 is 0. The minimum absolute atomic E-state index is 0.342. The highest BCUT2D eigenvalue weighted by Crippen LogP contribution is 2.19. The highest BCUT2D eigenvalue weighted by atomic mass is 19.2. The van der Waals surface area contributed by atoms with Crippen LogP contribution in [0.15, 0.2) is 41.5 Å². The Kier molecular flexibility index (Phi) is 4.26. The summed E-state index contributed by atoms with van der Waals surface area (Å²) in [6.07, 6.45) is 1.21. The number of hydrogen-bond acceptors (Lipinski definition) is 3. The molecule has 0 spiro atoms. The lowest BCUT2D eigenvalue weighted by atomic mass is 10.1. The van der Waals surface area contributed by atoms with Crippen molar-refractivity contribution in [2.75, 3.05) is 5.32 Å². The Morgan fingerprint density at radius 3 is 2.68 bits per heavy atom. The molecule has 128 valence electrons. The third-order valence-electron chi connectivity index (χ3n) is 3.68. The zero-order valence-corrected chi connectivity index (χ0v) is 13.0. The monoisotopic (exact) mass is 347 g/mol. The van der Waals surface area contributed by atoms with Gasteiger partial charge >= 0.3 is 0 Å². The predicted molar refractivity (Wildman–Crippen MR) is 85.7 cm³/mol. The normalized spacial score (nSPS) is 10.9. The van der Waals surface area contributed by atoms with Crippen molar-refractivity contribution < 1.29 is 18.0 Å².